The van der Waals surface area contributed by atoms with Crippen molar-refractivity contribution in [3.8, 4) is 0 Å². The number of pyridine rings is 1. The van der Waals surface area contributed by atoms with Crippen molar-refractivity contribution in [2.45, 2.75) is 70.6 Å². The van der Waals surface area contributed by atoms with E-state index in [4.69, 9.17) is 11.6 Å². The maximum absolute atomic E-state index is 13.3. The van der Waals surface area contributed by atoms with Crippen LogP contribution in [-0.2, 0) is 11.0 Å². The molecule has 2 aliphatic rings. The second kappa shape index (κ2) is 9.13. The van der Waals surface area contributed by atoms with Gasteiger partial charge in [0.1, 0.15) is 22.0 Å². The van der Waals surface area contributed by atoms with E-state index in [1.807, 2.05) is 31.7 Å². The van der Waals surface area contributed by atoms with Gasteiger partial charge >= 0.3 is 0 Å². The van der Waals surface area contributed by atoms with E-state index in [1.165, 1.54) is 6.21 Å². The zero-order valence-corrected chi connectivity index (χ0v) is 19.4. The summed E-state index contributed by atoms with van der Waals surface area (Å²) in [7, 11) is -1.44. The van der Waals surface area contributed by atoms with E-state index in [2.05, 4.69) is 21.2 Å². The summed E-state index contributed by atoms with van der Waals surface area (Å²) < 4.78 is 16.1. The Morgan fingerprint density at radius 3 is 2.52 bits per heavy atom. The molecule has 0 spiro atoms. The van der Waals surface area contributed by atoms with Gasteiger partial charge in [0.2, 0.25) is 0 Å². The molecule has 0 bridgehead atoms. The lowest BCUT2D eigenvalue weighted by Gasteiger charge is -2.28. The van der Waals surface area contributed by atoms with Crippen LogP contribution < -0.4 is 4.90 Å². The third-order valence-electron chi connectivity index (χ3n) is 5.52. The quantitative estimate of drug-likeness (QED) is 0.521. The standard InChI is InChI=1S/C21H31ClN4O2S/c1-15-9-8-12-26(15)18-13-16(20(27)25-10-6-5-7-11-25)17(19(22)24-18)14-23-29(28)21(2,3)4/h13-15H,5-12H2,1-4H3/t15-,29?/m1/s1. The number of carbonyl (C=O) groups excluding carboxylic acids is 1. The van der Waals surface area contributed by atoms with Gasteiger partial charge in [-0.2, -0.15) is 4.40 Å². The number of piperidine rings is 1. The Labute approximate surface area is 181 Å². The molecule has 6 nitrogen and oxygen atoms in total. The molecule has 1 aromatic heterocycles. The number of hydrogen-bond donors (Lipinski definition) is 0. The molecule has 1 amide bonds. The van der Waals surface area contributed by atoms with Crippen LogP contribution in [0.3, 0.4) is 0 Å². The van der Waals surface area contributed by atoms with Crippen molar-refractivity contribution in [2.24, 2.45) is 4.40 Å². The van der Waals surface area contributed by atoms with Crippen LogP contribution in [-0.4, -0.2) is 56.6 Å². The van der Waals surface area contributed by atoms with E-state index in [0.717, 1.165) is 57.6 Å². The third kappa shape index (κ3) is 5.18. The lowest BCUT2D eigenvalue weighted by atomic mass is 10.1. The highest BCUT2D eigenvalue weighted by molar-refractivity contribution is 7.85. The summed E-state index contributed by atoms with van der Waals surface area (Å²) in [5.74, 6) is 0.680. The van der Waals surface area contributed by atoms with Gasteiger partial charge in [-0.15, -0.1) is 0 Å². The number of carbonyl (C=O) groups is 1. The number of halogens is 1. The Morgan fingerprint density at radius 1 is 1.24 bits per heavy atom. The number of anilines is 1. The Balaban J connectivity index is 2.02. The maximum Gasteiger partial charge on any atom is 0.254 e. The summed E-state index contributed by atoms with van der Waals surface area (Å²) >= 11 is 6.54. The molecule has 2 fully saturated rings. The summed E-state index contributed by atoms with van der Waals surface area (Å²) in [6.07, 6.45) is 6.84. The van der Waals surface area contributed by atoms with Crippen LogP contribution >= 0.6 is 11.6 Å². The van der Waals surface area contributed by atoms with Crippen LogP contribution in [0.4, 0.5) is 5.82 Å². The molecule has 0 saturated carbocycles. The van der Waals surface area contributed by atoms with Gasteiger partial charge in [-0.25, -0.2) is 9.19 Å². The van der Waals surface area contributed by atoms with Crippen molar-refractivity contribution >= 4 is 40.5 Å². The fraction of sp³-hybridized carbons (Fsp3) is 0.667. The first-order valence-corrected chi connectivity index (χ1v) is 11.9. The van der Waals surface area contributed by atoms with Crippen LogP contribution in [0.25, 0.3) is 0 Å². The first-order chi connectivity index (χ1) is 13.7. The van der Waals surface area contributed by atoms with Gasteiger partial charge in [-0.1, -0.05) is 11.6 Å². The van der Waals surface area contributed by atoms with Crippen molar-refractivity contribution < 1.29 is 9.00 Å². The zero-order chi connectivity index (χ0) is 21.2. The van der Waals surface area contributed by atoms with E-state index >= 15 is 0 Å². The van der Waals surface area contributed by atoms with Crippen LogP contribution in [0, 0.1) is 0 Å². The molecular formula is C21H31ClN4O2S. The number of nitrogens with zero attached hydrogens (tertiary/aromatic N) is 4. The lowest BCUT2D eigenvalue weighted by Crippen LogP contribution is -2.36. The predicted molar refractivity (Wildman–Crippen MR) is 121 cm³/mol. The minimum Gasteiger partial charge on any atom is -0.354 e. The molecule has 1 aromatic rings. The van der Waals surface area contributed by atoms with Gasteiger partial charge in [0.15, 0.2) is 0 Å². The number of rotatable bonds is 4. The van der Waals surface area contributed by atoms with E-state index in [9.17, 15) is 9.00 Å². The number of amides is 1. The molecule has 8 heteroatoms. The molecule has 29 heavy (non-hydrogen) atoms. The van der Waals surface area contributed by atoms with Crippen molar-refractivity contribution in [3.63, 3.8) is 0 Å². The predicted octanol–water partition coefficient (Wildman–Crippen LogP) is 4.23. The highest BCUT2D eigenvalue weighted by atomic mass is 35.5. The van der Waals surface area contributed by atoms with Crippen molar-refractivity contribution in [3.05, 3.63) is 22.3 Å². The second-order valence-electron chi connectivity index (χ2n) is 8.87. The number of hydrogen-bond acceptors (Lipinski definition) is 4. The molecular weight excluding hydrogens is 408 g/mol. The van der Waals surface area contributed by atoms with Crippen molar-refractivity contribution in [1.29, 1.82) is 0 Å². The summed E-state index contributed by atoms with van der Waals surface area (Å²) in [4.78, 5) is 22.0. The highest BCUT2D eigenvalue weighted by Crippen LogP contribution is 2.29. The van der Waals surface area contributed by atoms with Crippen LogP contribution in [0.15, 0.2) is 10.5 Å². The maximum atomic E-state index is 13.3. The van der Waals surface area contributed by atoms with Crippen LogP contribution in [0.2, 0.25) is 5.15 Å². The molecule has 2 aliphatic heterocycles. The number of aromatic nitrogens is 1. The van der Waals surface area contributed by atoms with Gasteiger partial charge in [-0.05, 0) is 65.9 Å². The van der Waals surface area contributed by atoms with Crippen LogP contribution in [0.1, 0.15) is 75.7 Å². The van der Waals surface area contributed by atoms with Gasteiger partial charge in [-0.3, -0.25) is 4.79 Å². The lowest BCUT2D eigenvalue weighted by molar-refractivity contribution is 0.0724. The van der Waals surface area contributed by atoms with Gasteiger partial charge in [0.25, 0.3) is 5.91 Å². The van der Waals surface area contributed by atoms with Gasteiger partial charge in [0, 0.05) is 37.5 Å². The van der Waals surface area contributed by atoms with E-state index in [1.54, 1.807) is 0 Å². The molecule has 1 unspecified atom stereocenters. The largest absolute Gasteiger partial charge is 0.354 e. The van der Waals surface area contributed by atoms with E-state index in [-0.39, 0.29) is 11.1 Å². The minimum atomic E-state index is -1.44. The molecule has 0 aromatic carbocycles. The number of likely N-dealkylation sites (tertiary alicyclic amines) is 1. The molecule has 0 aliphatic carbocycles. The second-order valence-corrected chi connectivity index (χ2v) is 11.2. The molecule has 0 radical (unpaired) electrons. The highest BCUT2D eigenvalue weighted by Gasteiger charge is 2.28. The molecule has 160 valence electrons. The van der Waals surface area contributed by atoms with Crippen molar-refractivity contribution in [2.75, 3.05) is 24.5 Å². The normalized spacial score (nSPS) is 21.8. The molecule has 2 atom stereocenters. The fourth-order valence-corrected chi connectivity index (χ4v) is 4.51. The minimum absolute atomic E-state index is 0.0508. The molecule has 3 rings (SSSR count). The van der Waals surface area contributed by atoms with Crippen molar-refractivity contribution in [1.82, 2.24) is 9.88 Å². The SMILES string of the molecule is C[C@@H]1CCCN1c1cc(C(=O)N2CCCCC2)c(C=NS(=O)C(C)(C)C)c(Cl)n1. The Morgan fingerprint density at radius 2 is 1.93 bits per heavy atom. The summed E-state index contributed by atoms with van der Waals surface area (Å²) in [5, 5.41) is 0.233. The zero-order valence-electron chi connectivity index (χ0n) is 17.8. The van der Waals surface area contributed by atoms with Gasteiger partial charge < -0.3 is 9.80 Å². The first-order valence-electron chi connectivity index (χ1n) is 10.4. The molecule has 2 saturated heterocycles. The van der Waals surface area contributed by atoms with Crippen LogP contribution in [0.5, 0.6) is 0 Å². The monoisotopic (exact) mass is 438 g/mol. The Kier molecular flexibility index (Phi) is 6.99. The van der Waals surface area contributed by atoms with Gasteiger partial charge in [0.05, 0.1) is 10.3 Å². The molecule has 0 N–H and O–H groups in total. The Bertz CT molecular complexity index is 816. The summed E-state index contributed by atoms with van der Waals surface area (Å²) in [6.45, 7) is 10.1. The van der Waals surface area contributed by atoms with E-state index in [0.29, 0.717) is 17.2 Å². The Hall–Kier alpha value is -1.47. The van der Waals surface area contributed by atoms with E-state index < -0.39 is 15.7 Å². The molecule has 3 heterocycles. The third-order valence-corrected chi connectivity index (χ3v) is 7.15. The average Bonchev–Trinajstić information content (AvgIpc) is 3.11. The summed E-state index contributed by atoms with van der Waals surface area (Å²) in [6, 6.07) is 2.20. The fourth-order valence-electron chi connectivity index (χ4n) is 3.76. The smallest absolute Gasteiger partial charge is 0.254 e. The first kappa shape index (κ1) is 22.2. The summed E-state index contributed by atoms with van der Waals surface area (Å²) in [5.41, 5.74) is 0.950. The average molecular weight is 439 g/mol. The topological polar surface area (TPSA) is 65.9 Å².